The van der Waals surface area contributed by atoms with Crippen LogP contribution in [-0.2, 0) is 25.5 Å². The van der Waals surface area contributed by atoms with E-state index in [0.29, 0.717) is 19.4 Å². The van der Waals surface area contributed by atoms with Crippen LogP contribution >= 0.6 is 0 Å². The molecule has 0 amide bonds. The molecule has 1 atom stereocenters. The van der Waals surface area contributed by atoms with Crippen LogP contribution in [0.2, 0.25) is 0 Å². The van der Waals surface area contributed by atoms with Crippen LogP contribution in [0.25, 0.3) is 0 Å². The van der Waals surface area contributed by atoms with Crippen LogP contribution in [0, 0.1) is 5.92 Å². The highest BCUT2D eigenvalue weighted by Crippen LogP contribution is 2.15. The van der Waals surface area contributed by atoms with E-state index < -0.39 is 17.9 Å². The maximum atomic E-state index is 12.3. The second kappa shape index (κ2) is 12.3. The fraction of sp³-hybridized carbons (Fsp3) is 0.600. The van der Waals surface area contributed by atoms with Crippen molar-refractivity contribution in [3.05, 3.63) is 29.8 Å². The van der Waals surface area contributed by atoms with E-state index in [1.807, 2.05) is 38.1 Å². The van der Waals surface area contributed by atoms with E-state index in [-0.39, 0.29) is 6.61 Å². The lowest BCUT2D eigenvalue weighted by molar-refractivity contribution is -0.162. The number of ether oxygens (including phenoxy) is 3. The van der Waals surface area contributed by atoms with Crippen LogP contribution < -0.4 is 4.74 Å². The van der Waals surface area contributed by atoms with Crippen LogP contribution in [-0.4, -0.2) is 32.3 Å². The monoisotopic (exact) mass is 350 g/mol. The summed E-state index contributed by atoms with van der Waals surface area (Å²) in [6, 6.07) is 7.60. The highest BCUT2D eigenvalue weighted by atomic mass is 16.6. The zero-order valence-corrected chi connectivity index (χ0v) is 15.6. The third-order valence-corrected chi connectivity index (χ3v) is 3.95. The van der Waals surface area contributed by atoms with Crippen LogP contribution in [0.1, 0.15) is 51.5 Å². The third kappa shape index (κ3) is 8.05. The maximum Gasteiger partial charge on any atom is 0.320 e. The van der Waals surface area contributed by atoms with Crippen molar-refractivity contribution in [1.82, 2.24) is 0 Å². The Balaban J connectivity index is 2.48. The second-order valence-corrected chi connectivity index (χ2v) is 5.98. The third-order valence-electron chi connectivity index (χ3n) is 3.95. The van der Waals surface area contributed by atoms with E-state index in [0.717, 1.165) is 37.0 Å². The maximum absolute atomic E-state index is 12.3. The largest absolute Gasteiger partial charge is 0.497 e. The Hall–Kier alpha value is -2.04. The van der Waals surface area contributed by atoms with Crippen molar-refractivity contribution in [3.63, 3.8) is 0 Å². The molecule has 0 spiro atoms. The summed E-state index contributed by atoms with van der Waals surface area (Å²) in [5.41, 5.74) is 1.05. The van der Waals surface area contributed by atoms with Crippen molar-refractivity contribution in [3.8, 4) is 5.75 Å². The first-order chi connectivity index (χ1) is 12.1. The Labute approximate surface area is 150 Å². The van der Waals surface area contributed by atoms with E-state index in [1.54, 1.807) is 7.11 Å². The molecule has 0 aliphatic rings. The van der Waals surface area contributed by atoms with Crippen LogP contribution in [0.15, 0.2) is 24.3 Å². The van der Waals surface area contributed by atoms with Gasteiger partial charge in [0, 0.05) is 6.42 Å². The fourth-order valence-electron chi connectivity index (χ4n) is 2.32. The first-order valence-corrected chi connectivity index (χ1v) is 9.08. The molecule has 0 aliphatic heterocycles. The lowest BCUT2D eigenvalue weighted by Crippen LogP contribution is -2.29. The number of hydrogen-bond acceptors (Lipinski definition) is 5. The number of benzene rings is 1. The van der Waals surface area contributed by atoms with Crippen LogP contribution in [0.5, 0.6) is 5.75 Å². The van der Waals surface area contributed by atoms with Gasteiger partial charge in [-0.1, -0.05) is 45.2 Å². The number of hydrogen-bond donors (Lipinski definition) is 0. The predicted octanol–water partition coefficient (Wildman–Crippen LogP) is 3.93. The molecule has 0 aromatic heterocycles. The summed E-state index contributed by atoms with van der Waals surface area (Å²) in [6.07, 6.45) is 4.53. The zero-order valence-electron chi connectivity index (χ0n) is 15.6. The molecule has 0 saturated carbocycles. The van der Waals surface area contributed by atoms with Crippen LogP contribution in [0.4, 0.5) is 0 Å². The molecule has 0 bridgehead atoms. The van der Waals surface area contributed by atoms with E-state index in [9.17, 15) is 9.59 Å². The number of carbonyl (C=O) groups excluding carboxylic acids is 2. The molecular formula is C20H30O5. The molecule has 1 rings (SSSR count). The van der Waals surface area contributed by atoms with Gasteiger partial charge in [0.1, 0.15) is 5.75 Å². The van der Waals surface area contributed by atoms with Gasteiger partial charge >= 0.3 is 11.9 Å². The summed E-state index contributed by atoms with van der Waals surface area (Å²) in [6.45, 7) is 4.65. The van der Waals surface area contributed by atoms with Gasteiger partial charge in [-0.2, -0.15) is 0 Å². The van der Waals surface area contributed by atoms with Gasteiger partial charge in [0.25, 0.3) is 0 Å². The molecule has 0 heterocycles. The van der Waals surface area contributed by atoms with Crippen molar-refractivity contribution < 1.29 is 23.8 Å². The van der Waals surface area contributed by atoms with Crippen LogP contribution in [0.3, 0.4) is 0 Å². The Bertz CT molecular complexity index is 509. The summed E-state index contributed by atoms with van der Waals surface area (Å²) in [7, 11) is 1.62. The smallest absolute Gasteiger partial charge is 0.320 e. The normalized spacial score (nSPS) is 11.6. The topological polar surface area (TPSA) is 61.8 Å². The number of unbranched alkanes of at least 4 members (excludes halogenated alkanes) is 2. The summed E-state index contributed by atoms with van der Waals surface area (Å²) in [5.74, 6) is -0.970. The highest BCUT2D eigenvalue weighted by molar-refractivity contribution is 5.94. The minimum Gasteiger partial charge on any atom is -0.497 e. The van der Waals surface area contributed by atoms with Gasteiger partial charge in [0.2, 0.25) is 0 Å². The minimum absolute atomic E-state index is 0.246. The van der Waals surface area contributed by atoms with E-state index in [4.69, 9.17) is 14.2 Å². The quantitative estimate of drug-likeness (QED) is 0.325. The predicted molar refractivity (Wildman–Crippen MR) is 96.5 cm³/mol. The van der Waals surface area contributed by atoms with Gasteiger partial charge < -0.3 is 14.2 Å². The average Bonchev–Trinajstić information content (AvgIpc) is 2.63. The molecule has 0 radical (unpaired) electrons. The van der Waals surface area contributed by atoms with E-state index >= 15 is 0 Å². The molecule has 0 aliphatic carbocycles. The zero-order chi connectivity index (χ0) is 18.5. The Kier molecular flexibility index (Phi) is 10.4. The molecule has 140 valence electrons. The summed E-state index contributed by atoms with van der Waals surface area (Å²) >= 11 is 0. The summed E-state index contributed by atoms with van der Waals surface area (Å²) in [4.78, 5) is 24.4. The van der Waals surface area contributed by atoms with Gasteiger partial charge in [-0.15, -0.1) is 0 Å². The second-order valence-electron chi connectivity index (χ2n) is 5.98. The molecule has 1 aromatic rings. The number of esters is 2. The fourth-order valence-corrected chi connectivity index (χ4v) is 2.32. The highest BCUT2D eigenvalue weighted by Gasteiger charge is 2.29. The molecule has 1 unspecified atom stereocenters. The molecule has 1 aromatic carbocycles. The summed E-state index contributed by atoms with van der Waals surface area (Å²) < 4.78 is 15.6. The lowest BCUT2D eigenvalue weighted by Gasteiger charge is -2.15. The molecule has 5 heteroatoms. The number of rotatable bonds is 12. The van der Waals surface area contributed by atoms with Crippen molar-refractivity contribution in [2.45, 2.75) is 52.4 Å². The Morgan fingerprint density at radius 2 is 1.52 bits per heavy atom. The van der Waals surface area contributed by atoms with E-state index in [2.05, 4.69) is 0 Å². The van der Waals surface area contributed by atoms with Gasteiger partial charge in [0.05, 0.1) is 20.3 Å². The van der Waals surface area contributed by atoms with Gasteiger partial charge in [0.15, 0.2) is 5.92 Å². The SMILES string of the molecule is CCCCOC(=O)C(CCCC)C(=O)OCCc1ccc(OC)cc1. The molecule has 0 saturated heterocycles. The van der Waals surface area contributed by atoms with Crippen molar-refractivity contribution in [1.29, 1.82) is 0 Å². The first-order valence-electron chi connectivity index (χ1n) is 9.08. The van der Waals surface area contributed by atoms with Crippen molar-refractivity contribution in [2.24, 2.45) is 5.92 Å². The lowest BCUT2D eigenvalue weighted by atomic mass is 10.0. The molecule has 0 fully saturated rings. The standard InChI is InChI=1S/C20H30O5/c1-4-6-8-18(19(21)24-14-7-5-2)20(22)25-15-13-16-9-11-17(23-3)12-10-16/h9-12,18H,4-8,13-15H2,1-3H3. The molecule has 5 nitrogen and oxygen atoms in total. The Morgan fingerprint density at radius 3 is 2.08 bits per heavy atom. The average molecular weight is 350 g/mol. The summed E-state index contributed by atoms with van der Waals surface area (Å²) in [5, 5.41) is 0. The van der Waals surface area contributed by atoms with Crippen molar-refractivity contribution >= 4 is 11.9 Å². The molecule has 0 N–H and O–H groups in total. The molecular weight excluding hydrogens is 320 g/mol. The number of methoxy groups -OCH3 is 1. The van der Waals surface area contributed by atoms with Gasteiger partial charge in [-0.05, 0) is 30.5 Å². The number of carbonyl (C=O) groups is 2. The van der Waals surface area contributed by atoms with Crippen molar-refractivity contribution in [2.75, 3.05) is 20.3 Å². The first kappa shape index (κ1) is 21.0. The molecule has 25 heavy (non-hydrogen) atoms. The minimum atomic E-state index is -0.812. The van der Waals surface area contributed by atoms with Gasteiger partial charge in [-0.3, -0.25) is 9.59 Å². The van der Waals surface area contributed by atoms with Gasteiger partial charge in [-0.25, -0.2) is 0 Å². The Morgan fingerprint density at radius 1 is 0.920 bits per heavy atom. The van der Waals surface area contributed by atoms with E-state index in [1.165, 1.54) is 0 Å².